The van der Waals surface area contributed by atoms with Gasteiger partial charge in [-0.05, 0) is 23.8 Å². The summed E-state index contributed by atoms with van der Waals surface area (Å²) in [5.41, 5.74) is 1.78. The molecule has 0 bridgehead atoms. The zero-order valence-corrected chi connectivity index (χ0v) is 13.3. The highest BCUT2D eigenvalue weighted by atomic mass is 32.2. The van der Waals surface area contributed by atoms with Crippen molar-refractivity contribution in [1.29, 1.82) is 0 Å². The van der Waals surface area contributed by atoms with E-state index in [1.807, 2.05) is 6.07 Å². The molecule has 0 aliphatic carbocycles. The van der Waals surface area contributed by atoms with E-state index in [1.54, 1.807) is 36.4 Å². The second kappa shape index (κ2) is 6.29. The molecule has 122 valence electrons. The molecule has 3 rings (SSSR count). The van der Waals surface area contributed by atoms with Crippen LogP contribution in [0.25, 0.3) is 11.3 Å². The molecule has 2 aromatic carbocycles. The van der Waals surface area contributed by atoms with E-state index in [-0.39, 0.29) is 16.3 Å². The fraction of sp³-hybridized carbons (Fsp3) is 0.0588. The number of hydrogen-bond donors (Lipinski definition) is 2. The average molecular weight is 342 g/mol. The zero-order chi connectivity index (χ0) is 17.2. The van der Waals surface area contributed by atoms with Gasteiger partial charge in [0, 0.05) is 5.56 Å². The summed E-state index contributed by atoms with van der Waals surface area (Å²) in [6.07, 6.45) is 0. The Bertz CT molecular complexity index is 961. The molecule has 2 N–H and O–H groups in total. The standard InChI is InChI=1S/C17H14N2O4S/c20-17(21)16-10-15(18-19-16)13-6-8-14(9-7-13)24(22,23)11-12-4-2-1-3-5-12/h1-10H,11H2,(H,18,19)(H,20,21). The highest BCUT2D eigenvalue weighted by molar-refractivity contribution is 7.90. The fourth-order valence-corrected chi connectivity index (χ4v) is 3.64. The molecule has 24 heavy (non-hydrogen) atoms. The van der Waals surface area contributed by atoms with Crippen molar-refractivity contribution in [3.05, 3.63) is 71.9 Å². The predicted octanol–water partition coefficient (Wildman–Crippen LogP) is 2.75. The maximum absolute atomic E-state index is 12.4. The van der Waals surface area contributed by atoms with Crippen molar-refractivity contribution in [3.8, 4) is 11.3 Å². The first-order valence-electron chi connectivity index (χ1n) is 7.11. The Balaban J connectivity index is 1.84. The number of benzene rings is 2. The molecule has 0 fully saturated rings. The van der Waals surface area contributed by atoms with Gasteiger partial charge in [-0.1, -0.05) is 42.5 Å². The summed E-state index contributed by atoms with van der Waals surface area (Å²) in [5.74, 6) is -1.17. The van der Waals surface area contributed by atoms with Crippen LogP contribution < -0.4 is 0 Å². The van der Waals surface area contributed by atoms with Crippen molar-refractivity contribution < 1.29 is 18.3 Å². The minimum atomic E-state index is -3.44. The van der Waals surface area contributed by atoms with Crippen LogP contribution >= 0.6 is 0 Å². The molecule has 0 amide bonds. The summed E-state index contributed by atoms with van der Waals surface area (Å²) in [6.45, 7) is 0. The lowest BCUT2D eigenvalue weighted by molar-refractivity contribution is 0.0690. The van der Waals surface area contributed by atoms with Gasteiger partial charge in [0.15, 0.2) is 9.84 Å². The molecule has 1 heterocycles. The van der Waals surface area contributed by atoms with E-state index in [0.29, 0.717) is 11.3 Å². The molecule has 0 aliphatic heterocycles. The van der Waals surface area contributed by atoms with Crippen LogP contribution in [-0.4, -0.2) is 29.7 Å². The van der Waals surface area contributed by atoms with Crippen molar-refractivity contribution in [1.82, 2.24) is 10.2 Å². The molecule has 3 aromatic rings. The second-order valence-corrected chi connectivity index (χ2v) is 7.23. The first-order valence-corrected chi connectivity index (χ1v) is 8.77. The number of rotatable bonds is 5. The minimum absolute atomic E-state index is 0.0224. The number of H-pyrrole nitrogens is 1. The molecule has 1 aromatic heterocycles. The van der Waals surface area contributed by atoms with Gasteiger partial charge in [-0.25, -0.2) is 13.2 Å². The Morgan fingerprint density at radius 2 is 1.71 bits per heavy atom. The average Bonchev–Trinajstić information content (AvgIpc) is 3.06. The normalized spacial score (nSPS) is 11.3. The summed E-state index contributed by atoms with van der Waals surface area (Å²) in [6, 6.07) is 16.6. The van der Waals surface area contributed by atoms with Crippen LogP contribution in [0.15, 0.2) is 65.6 Å². The summed E-state index contributed by atoms with van der Waals surface area (Å²) in [4.78, 5) is 11.1. The highest BCUT2D eigenvalue weighted by Crippen LogP contribution is 2.22. The van der Waals surface area contributed by atoms with Crippen molar-refractivity contribution in [2.75, 3.05) is 0 Å². The number of aromatic carboxylic acids is 1. The summed E-state index contributed by atoms with van der Waals surface area (Å²) in [7, 11) is -3.44. The van der Waals surface area contributed by atoms with Crippen LogP contribution in [0.4, 0.5) is 0 Å². The molecule has 0 aliphatic rings. The van der Waals surface area contributed by atoms with Crippen LogP contribution in [0, 0.1) is 0 Å². The number of carbonyl (C=O) groups is 1. The molecule has 0 radical (unpaired) electrons. The second-order valence-electron chi connectivity index (χ2n) is 5.24. The van der Waals surface area contributed by atoms with Gasteiger partial charge < -0.3 is 5.11 Å². The number of aromatic amines is 1. The minimum Gasteiger partial charge on any atom is -0.477 e. The third-order valence-corrected chi connectivity index (χ3v) is 5.22. The number of carboxylic acid groups (broad SMARTS) is 1. The molecule has 0 saturated heterocycles. The number of nitrogens with one attached hydrogen (secondary N) is 1. The van der Waals surface area contributed by atoms with Crippen molar-refractivity contribution >= 4 is 15.8 Å². The summed E-state index contributed by atoms with van der Waals surface area (Å²) in [5, 5.41) is 15.2. The Morgan fingerprint density at radius 3 is 2.29 bits per heavy atom. The molecule has 0 saturated carbocycles. The van der Waals surface area contributed by atoms with Crippen molar-refractivity contribution in [2.24, 2.45) is 0 Å². The SMILES string of the molecule is O=C(O)c1cc(-c2ccc(S(=O)(=O)Cc3ccccc3)cc2)n[nH]1. The van der Waals surface area contributed by atoms with Gasteiger partial charge in [-0.15, -0.1) is 0 Å². The van der Waals surface area contributed by atoms with E-state index in [0.717, 1.165) is 5.56 Å². The summed E-state index contributed by atoms with van der Waals surface area (Å²) < 4.78 is 24.9. The predicted molar refractivity (Wildman–Crippen MR) is 88.3 cm³/mol. The van der Waals surface area contributed by atoms with Crippen molar-refractivity contribution in [2.45, 2.75) is 10.6 Å². The van der Waals surface area contributed by atoms with Crippen LogP contribution in [0.1, 0.15) is 16.1 Å². The topological polar surface area (TPSA) is 100 Å². The van der Waals surface area contributed by atoms with Crippen LogP contribution in [0.5, 0.6) is 0 Å². The number of aromatic nitrogens is 2. The van der Waals surface area contributed by atoms with Gasteiger partial charge in [0.05, 0.1) is 16.3 Å². The Kier molecular flexibility index (Phi) is 4.18. The quantitative estimate of drug-likeness (QED) is 0.742. The van der Waals surface area contributed by atoms with Crippen LogP contribution in [-0.2, 0) is 15.6 Å². The third-order valence-electron chi connectivity index (χ3n) is 3.52. The van der Waals surface area contributed by atoms with E-state index >= 15 is 0 Å². The molecule has 0 unspecified atom stereocenters. The molecule has 0 atom stereocenters. The van der Waals surface area contributed by atoms with E-state index in [2.05, 4.69) is 10.2 Å². The van der Waals surface area contributed by atoms with Gasteiger partial charge in [0.1, 0.15) is 5.69 Å². The monoisotopic (exact) mass is 342 g/mol. The number of hydrogen-bond acceptors (Lipinski definition) is 4. The Hall–Kier alpha value is -2.93. The lowest BCUT2D eigenvalue weighted by Crippen LogP contribution is -2.04. The van der Waals surface area contributed by atoms with Crippen LogP contribution in [0.2, 0.25) is 0 Å². The molecule has 6 nitrogen and oxygen atoms in total. The number of nitrogens with zero attached hydrogens (tertiary/aromatic N) is 1. The van der Waals surface area contributed by atoms with Gasteiger partial charge in [0.2, 0.25) is 0 Å². The molecule has 7 heteroatoms. The first-order chi connectivity index (χ1) is 11.5. The van der Waals surface area contributed by atoms with E-state index < -0.39 is 15.8 Å². The smallest absolute Gasteiger partial charge is 0.353 e. The number of carboxylic acids is 1. The van der Waals surface area contributed by atoms with E-state index in [9.17, 15) is 13.2 Å². The Labute approximate surface area is 138 Å². The molecular formula is C17H14N2O4S. The number of sulfone groups is 1. The van der Waals surface area contributed by atoms with E-state index in [4.69, 9.17) is 5.11 Å². The molecule has 0 spiro atoms. The molecular weight excluding hydrogens is 328 g/mol. The van der Waals surface area contributed by atoms with Gasteiger partial charge >= 0.3 is 5.97 Å². The zero-order valence-electron chi connectivity index (χ0n) is 12.5. The summed E-state index contributed by atoms with van der Waals surface area (Å²) >= 11 is 0. The first kappa shape index (κ1) is 15.9. The van der Waals surface area contributed by atoms with E-state index in [1.165, 1.54) is 18.2 Å². The Morgan fingerprint density at radius 1 is 1.04 bits per heavy atom. The largest absolute Gasteiger partial charge is 0.477 e. The lowest BCUT2D eigenvalue weighted by Gasteiger charge is -2.05. The van der Waals surface area contributed by atoms with Gasteiger partial charge in [0.25, 0.3) is 0 Å². The van der Waals surface area contributed by atoms with Crippen molar-refractivity contribution in [3.63, 3.8) is 0 Å². The van der Waals surface area contributed by atoms with Gasteiger partial charge in [-0.3, -0.25) is 5.10 Å². The van der Waals surface area contributed by atoms with Gasteiger partial charge in [-0.2, -0.15) is 5.10 Å². The fourth-order valence-electron chi connectivity index (χ4n) is 2.29. The van der Waals surface area contributed by atoms with Crippen LogP contribution in [0.3, 0.4) is 0 Å². The maximum Gasteiger partial charge on any atom is 0.353 e. The lowest BCUT2D eigenvalue weighted by atomic mass is 10.1. The maximum atomic E-state index is 12.4. The highest BCUT2D eigenvalue weighted by Gasteiger charge is 2.16. The third kappa shape index (κ3) is 3.36.